The first kappa shape index (κ1) is 16.4. The molecule has 0 bridgehead atoms. The van der Waals surface area contributed by atoms with E-state index in [1.54, 1.807) is 0 Å². The predicted octanol–water partition coefficient (Wildman–Crippen LogP) is 3.38. The largest absolute Gasteiger partial charge is 0.308 e. The molecule has 1 saturated carbocycles. The molecule has 2 unspecified atom stereocenters. The number of pyridine rings is 1. The summed E-state index contributed by atoms with van der Waals surface area (Å²) in [6, 6.07) is 4.25. The fourth-order valence-corrected chi connectivity index (χ4v) is 3.00. The van der Waals surface area contributed by atoms with Gasteiger partial charge in [-0.15, -0.1) is 0 Å². The highest BCUT2D eigenvalue weighted by molar-refractivity contribution is 5.11. The number of hydrogen-bond acceptors (Lipinski definition) is 3. The molecule has 0 saturated heterocycles. The van der Waals surface area contributed by atoms with Crippen molar-refractivity contribution in [3.8, 4) is 0 Å². The van der Waals surface area contributed by atoms with Crippen molar-refractivity contribution in [1.82, 2.24) is 15.2 Å². The highest BCUT2D eigenvalue weighted by atomic mass is 19.1. The number of hydrogen-bond donors (Lipinski definition) is 1. The molecule has 1 aromatic rings. The average Bonchev–Trinajstić information content (AvgIpc) is 2.39. The third-order valence-corrected chi connectivity index (χ3v) is 4.53. The van der Waals surface area contributed by atoms with E-state index in [-0.39, 0.29) is 11.9 Å². The maximum atomic E-state index is 13.1. The lowest BCUT2D eigenvalue weighted by Gasteiger charge is -2.38. The summed E-state index contributed by atoms with van der Waals surface area (Å²) < 4.78 is 13.1. The van der Waals surface area contributed by atoms with Crippen LogP contribution in [0.4, 0.5) is 4.39 Å². The minimum Gasteiger partial charge on any atom is -0.308 e. The van der Waals surface area contributed by atoms with E-state index in [1.165, 1.54) is 31.5 Å². The van der Waals surface area contributed by atoms with Crippen molar-refractivity contribution in [3.63, 3.8) is 0 Å². The highest BCUT2D eigenvalue weighted by Crippen LogP contribution is 2.27. The zero-order valence-corrected chi connectivity index (χ0v) is 13.5. The summed E-state index contributed by atoms with van der Waals surface area (Å²) in [6.45, 7) is 6.42. The van der Waals surface area contributed by atoms with E-state index in [4.69, 9.17) is 0 Å². The third kappa shape index (κ3) is 4.48. The normalized spacial score (nSPS) is 18.5. The number of rotatable bonds is 8. The van der Waals surface area contributed by atoms with Gasteiger partial charge in [0.05, 0.1) is 17.9 Å². The molecule has 1 aliphatic carbocycles. The number of nitrogens with one attached hydrogen (secondary N) is 1. The van der Waals surface area contributed by atoms with Gasteiger partial charge < -0.3 is 10.2 Å². The van der Waals surface area contributed by atoms with Crippen molar-refractivity contribution in [1.29, 1.82) is 0 Å². The molecule has 1 aliphatic rings. The molecule has 0 amide bonds. The topological polar surface area (TPSA) is 28.2 Å². The first-order chi connectivity index (χ1) is 10.1. The van der Waals surface area contributed by atoms with Crippen LogP contribution in [-0.4, -0.2) is 36.1 Å². The van der Waals surface area contributed by atoms with Gasteiger partial charge in [0.2, 0.25) is 0 Å². The molecule has 1 N–H and O–H groups in total. The Labute approximate surface area is 127 Å². The van der Waals surface area contributed by atoms with Crippen LogP contribution in [-0.2, 0) is 0 Å². The summed E-state index contributed by atoms with van der Waals surface area (Å²) in [5, 5.41) is 3.57. The van der Waals surface area contributed by atoms with Gasteiger partial charge in [0.1, 0.15) is 5.82 Å². The summed E-state index contributed by atoms with van der Waals surface area (Å²) in [5.74, 6) is 0.173. The highest BCUT2D eigenvalue weighted by Gasteiger charge is 2.26. The Bertz CT molecular complexity index is 417. The van der Waals surface area contributed by atoms with E-state index in [0.29, 0.717) is 5.92 Å². The average molecular weight is 293 g/mol. The monoisotopic (exact) mass is 293 g/mol. The molecule has 1 aromatic heterocycles. The van der Waals surface area contributed by atoms with Gasteiger partial charge in [-0.1, -0.05) is 20.3 Å². The molecule has 2 atom stereocenters. The molecular formula is C17H28FN3. The molecule has 118 valence electrons. The maximum Gasteiger partial charge on any atom is 0.141 e. The SMILES string of the molecule is CCCNC(c1ccc(F)cn1)C(C)CN(C)C1CCC1. The van der Waals surface area contributed by atoms with E-state index in [1.807, 2.05) is 6.07 Å². The van der Waals surface area contributed by atoms with Crippen LogP contribution in [0, 0.1) is 11.7 Å². The number of aromatic nitrogens is 1. The summed E-state index contributed by atoms with van der Waals surface area (Å²) in [7, 11) is 2.22. The second-order valence-corrected chi connectivity index (χ2v) is 6.33. The van der Waals surface area contributed by atoms with Crippen molar-refractivity contribution in [2.45, 2.75) is 51.6 Å². The lowest BCUT2D eigenvalue weighted by Crippen LogP contribution is -2.42. The van der Waals surface area contributed by atoms with Crippen molar-refractivity contribution in [2.75, 3.05) is 20.1 Å². The zero-order chi connectivity index (χ0) is 15.2. The first-order valence-corrected chi connectivity index (χ1v) is 8.17. The summed E-state index contributed by atoms with van der Waals surface area (Å²) in [4.78, 5) is 6.75. The molecule has 21 heavy (non-hydrogen) atoms. The minimum absolute atomic E-state index is 0.188. The fraction of sp³-hybridized carbons (Fsp3) is 0.706. The summed E-state index contributed by atoms with van der Waals surface area (Å²) >= 11 is 0. The van der Waals surface area contributed by atoms with Crippen LogP contribution in [0.1, 0.15) is 51.3 Å². The van der Waals surface area contributed by atoms with E-state index in [9.17, 15) is 4.39 Å². The Kier molecular flexibility index (Phi) is 6.12. The van der Waals surface area contributed by atoms with Gasteiger partial charge in [0.25, 0.3) is 0 Å². The number of halogens is 1. The zero-order valence-electron chi connectivity index (χ0n) is 13.5. The smallest absolute Gasteiger partial charge is 0.141 e. The minimum atomic E-state index is -0.271. The van der Waals surface area contributed by atoms with Gasteiger partial charge in [0, 0.05) is 12.6 Å². The Morgan fingerprint density at radius 3 is 2.71 bits per heavy atom. The molecule has 3 nitrogen and oxygen atoms in total. The van der Waals surface area contributed by atoms with Crippen LogP contribution in [0.2, 0.25) is 0 Å². The van der Waals surface area contributed by atoms with E-state index in [0.717, 1.165) is 31.2 Å². The Morgan fingerprint density at radius 2 is 2.19 bits per heavy atom. The van der Waals surface area contributed by atoms with Crippen molar-refractivity contribution >= 4 is 0 Å². The lowest BCUT2D eigenvalue weighted by atomic mass is 9.90. The molecule has 0 spiro atoms. The Morgan fingerprint density at radius 1 is 1.43 bits per heavy atom. The van der Waals surface area contributed by atoms with Crippen molar-refractivity contribution < 1.29 is 4.39 Å². The van der Waals surface area contributed by atoms with Gasteiger partial charge in [-0.2, -0.15) is 0 Å². The Balaban J connectivity index is 2.01. The molecular weight excluding hydrogens is 265 g/mol. The lowest BCUT2D eigenvalue weighted by molar-refractivity contribution is 0.130. The van der Waals surface area contributed by atoms with Crippen LogP contribution in [0.25, 0.3) is 0 Å². The molecule has 0 aliphatic heterocycles. The van der Waals surface area contributed by atoms with Gasteiger partial charge in [0.15, 0.2) is 0 Å². The van der Waals surface area contributed by atoms with Crippen molar-refractivity contribution in [2.24, 2.45) is 5.92 Å². The van der Waals surface area contributed by atoms with Crippen molar-refractivity contribution in [3.05, 3.63) is 29.8 Å². The maximum absolute atomic E-state index is 13.1. The Hall–Kier alpha value is -1.00. The van der Waals surface area contributed by atoms with E-state index in [2.05, 4.69) is 36.1 Å². The van der Waals surface area contributed by atoms with Gasteiger partial charge in [-0.3, -0.25) is 4.98 Å². The summed E-state index contributed by atoms with van der Waals surface area (Å²) in [6.07, 6.45) is 6.41. The standard InChI is InChI=1S/C17H28FN3/c1-4-10-19-17(16-9-8-14(18)11-20-16)13(2)12-21(3)15-6-5-7-15/h8-9,11,13,15,17,19H,4-7,10,12H2,1-3H3. The van der Waals surface area contributed by atoms with Gasteiger partial charge >= 0.3 is 0 Å². The third-order valence-electron chi connectivity index (χ3n) is 4.53. The second kappa shape index (κ2) is 7.85. The van der Waals surface area contributed by atoms with Gasteiger partial charge in [-0.25, -0.2) is 4.39 Å². The molecule has 4 heteroatoms. The van der Waals surface area contributed by atoms with E-state index >= 15 is 0 Å². The van der Waals surface area contributed by atoms with Gasteiger partial charge in [-0.05, 0) is 50.9 Å². The predicted molar refractivity (Wildman–Crippen MR) is 84.7 cm³/mol. The first-order valence-electron chi connectivity index (χ1n) is 8.17. The van der Waals surface area contributed by atoms with E-state index < -0.39 is 0 Å². The second-order valence-electron chi connectivity index (χ2n) is 6.33. The molecule has 0 aromatic carbocycles. The van der Waals surface area contributed by atoms with Crippen LogP contribution in [0.15, 0.2) is 18.3 Å². The van der Waals surface area contributed by atoms with Crippen LogP contribution in [0.5, 0.6) is 0 Å². The quantitative estimate of drug-likeness (QED) is 0.796. The molecule has 1 heterocycles. The number of nitrogens with zero attached hydrogens (tertiary/aromatic N) is 2. The van der Waals surface area contributed by atoms with Crippen LogP contribution >= 0.6 is 0 Å². The molecule has 2 rings (SSSR count). The molecule has 1 fully saturated rings. The molecule has 0 radical (unpaired) electrons. The summed E-state index contributed by atoms with van der Waals surface area (Å²) in [5.41, 5.74) is 0.944. The van der Waals surface area contributed by atoms with Crippen LogP contribution < -0.4 is 5.32 Å². The fourth-order valence-electron chi connectivity index (χ4n) is 3.00. The van der Waals surface area contributed by atoms with Crippen LogP contribution in [0.3, 0.4) is 0 Å².